The summed E-state index contributed by atoms with van der Waals surface area (Å²) in [7, 11) is 1.23. The Balaban J connectivity index is 1.43. The molecule has 7 heteroatoms. The number of benzene rings is 2. The van der Waals surface area contributed by atoms with E-state index in [1.807, 2.05) is 12.1 Å². The van der Waals surface area contributed by atoms with E-state index in [1.165, 1.54) is 24.7 Å². The molecule has 0 aromatic heterocycles. The van der Waals surface area contributed by atoms with Crippen molar-refractivity contribution in [2.45, 2.75) is 54.5 Å². The zero-order valence-corrected chi connectivity index (χ0v) is 22.1. The monoisotopic (exact) mass is 497 g/mol. The zero-order chi connectivity index (χ0) is 24.7. The molecule has 0 N–H and O–H groups in total. The van der Waals surface area contributed by atoms with Gasteiger partial charge in [-0.3, -0.25) is 9.80 Å². The summed E-state index contributed by atoms with van der Waals surface area (Å²) in [6.45, 7) is 3.20. The molecule has 0 radical (unpaired) electrons. The molecule has 0 atom stereocenters. The summed E-state index contributed by atoms with van der Waals surface area (Å²) in [6, 6.07) is 18.3. The maximum absolute atomic E-state index is 12.0. The van der Waals surface area contributed by atoms with Crippen LogP contribution in [-0.2, 0) is 20.1 Å². The Bertz CT molecular complexity index is 1110. The molecule has 1 aliphatic heterocycles. The van der Waals surface area contributed by atoms with Gasteiger partial charge in [0.15, 0.2) is 9.84 Å². The predicted molar refractivity (Wildman–Crippen MR) is 140 cm³/mol. The molecule has 3 aliphatic rings. The second kappa shape index (κ2) is 9.51. The van der Waals surface area contributed by atoms with Gasteiger partial charge in [0.25, 0.3) is 0 Å². The standard InChI is InChI=1S/C28H39N3O3S/c1-29(2)28(24-7-5-4-6-8-24)17-15-27(16-18-28)20-30(21-34-22-31(27)19-23-9-10-23)25-11-13-26(14-12-25)35(3,32)33/h4-8,11-14,23H,9-10,15-22H2,1-3H3. The van der Waals surface area contributed by atoms with Gasteiger partial charge in [0, 0.05) is 36.1 Å². The van der Waals surface area contributed by atoms with E-state index >= 15 is 0 Å². The Labute approximate surface area is 210 Å². The smallest absolute Gasteiger partial charge is 0.175 e. The number of sulfone groups is 1. The molecule has 2 aromatic rings. The lowest BCUT2D eigenvalue weighted by Gasteiger charge is -2.54. The van der Waals surface area contributed by atoms with E-state index in [9.17, 15) is 8.42 Å². The van der Waals surface area contributed by atoms with E-state index < -0.39 is 9.84 Å². The molecule has 190 valence electrons. The summed E-state index contributed by atoms with van der Waals surface area (Å²) >= 11 is 0. The predicted octanol–water partition coefficient (Wildman–Crippen LogP) is 4.32. The maximum Gasteiger partial charge on any atom is 0.175 e. The lowest BCUT2D eigenvalue weighted by molar-refractivity contribution is -0.0503. The summed E-state index contributed by atoms with van der Waals surface area (Å²) in [5.41, 5.74) is 2.53. The first-order chi connectivity index (χ1) is 16.7. The fourth-order valence-corrected chi connectivity index (χ4v) is 6.80. The Kier molecular flexibility index (Phi) is 6.72. The highest BCUT2D eigenvalue weighted by molar-refractivity contribution is 7.90. The normalized spacial score (nSPS) is 28.4. The van der Waals surface area contributed by atoms with Crippen molar-refractivity contribution >= 4 is 15.5 Å². The number of hydrogen-bond donors (Lipinski definition) is 0. The van der Waals surface area contributed by atoms with Gasteiger partial charge in [0.2, 0.25) is 0 Å². The van der Waals surface area contributed by atoms with Crippen molar-refractivity contribution in [2.24, 2.45) is 5.92 Å². The first-order valence-electron chi connectivity index (χ1n) is 12.8. The van der Waals surface area contributed by atoms with Crippen LogP contribution in [-0.4, -0.2) is 70.7 Å². The molecule has 2 saturated carbocycles. The number of rotatable bonds is 6. The lowest BCUT2D eigenvalue weighted by atomic mass is 9.67. The Morgan fingerprint density at radius 1 is 0.943 bits per heavy atom. The molecule has 6 nitrogen and oxygen atoms in total. The molecule has 5 rings (SSSR count). The molecule has 2 aromatic carbocycles. The topological polar surface area (TPSA) is 53.1 Å². The van der Waals surface area contributed by atoms with Crippen LogP contribution < -0.4 is 4.90 Å². The summed E-state index contributed by atoms with van der Waals surface area (Å²) in [6.07, 6.45) is 8.33. The van der Waals surface area contributed by atoms with Crippen LogP contribution in [0.3, 0.4) is 0 Å². The van der Waals surface area contributed by atoms with Gasteiger partial charge in [-0.25, -0.2) is 8.42 Å². The lowest BCUT2D eigenvalue weighted by Crippen LogP contribution is -2.60. The van der Waals surface area contributed by atoms with Gasteiger partial charge in [0.05, 0.1) is 4.90 Å². The average molecular weight is 498 g/mol. The van der Waals surface area contributed by atoms with Crippen molar-refractivity contribution in [1.29, 1.82) is 0 Å². The molecular weight excluding hydrogens is 458 g/mol. The SMILES string of the molecule is CN(C)C1(c2ccccc2)CCC2(CC1)CN(c1ccc(S(C)(=O)=O)cc1)COCN2CC1CC1. The highest BCUT2D eigenvalue weighted by Gasteiger charge is 2.50. The van der Waals surface area contributed by atoms with Crippen molar-refractivity contribution < 1.29 is 13.2 Å². The molecular formula is C28H39N3O3S. The van der Waals surface area contributed by atoms with E-state index in [4.69, 9.17) is 4.74 Å². The van der Waals surface area contributed by atoms with Crippen LogP contribution >= 0.6 is 0 Å². The Morgan fingerprint density at radius 2 is 1.60 bits per heavy atom. The second-order valence-electron chi connectivity index (χ2n) is 11.1. The number of nitrogens with zero attached hydrogens (tertiary/aromatic N) is 3. The molecule has 35 heavy (non-hydrogen) atoms. The number of hydrogen-bond acceptors (Lipinski definition) is 6. The van der Waals surface area contributed by atoms with Crippen LogP contribution in [0.2, 0.25) is 0 Å². The minimum atomic E-state index is -3.21. The van der Waals surface area contributed by atoms with E-state index in [2.05, 4.69) is 59.1 Å². The summed E-state index contributed by atoms with van der Waals surface area (Å²) in [5.74, 6) is 0.797. The highest BCUT2D eigenvalue weighted by Crippen LogP contribution is 2.48. The van der Waals surface area contributed by atoms with Gasteiger partial charge in [-0.2, -0.15) is 0 Å². The van der Waals surface area contributed by atoms with Crippen LogP contribution in [0.5, 0.6) is 0 Å². The van der Waals surface area contributed by atoms with E-state index in [1.54, 1.807) is 12.1 Å². The fourth-order valence-electron chi connectivity index (χ4n) is 6.17. The fraction of sp³-hybridized carbons (Fsp3) is 0.571. The summed E-state index contributed by atoms with van der Waals surface area (Å²) in [4.78, 5) is 7.73. The van der Waals surface area contributed by atoms with Gasteiger partial charge in [-0.1, -0.05) is 30.3 Å². The largest absolute Gasteiger partial charge is 0.347 e. The van der Waals surface area contributed by atoms with Crippen molar-refractivity contribution in [3.05, 3.63) is 60.2 Å². The van der Waals surface area contributed by atoms with Gasteiger partial charge in [-0.05, 0) is 88.4 Å². The van der Waals surface area contributed by atoms with Crippen molar-refractivity contribution in [3.8, 4) is 0 Å². The molecule has 0 unspecified atom stereocenters. The Hall–Kier alpha value is -1.93. The minimum Gasteiger partial charge on any atom is -0.347 e. The molecule has 2 aliphatic carbocycles. The molecule has 1 spiro atoms. The molecule has 0 amide bonds. The van der Waals surface area contributed by atoms with E-state index in [0.29, 0.717) is 18.4 Å². The van der Waals surface area contributed by atoms with Crippen molar-refractivity contribution in [2.75, 3.05) is 51.8 Å². The van der Waals surface area contributed by atoms with Crippen LogP contribution in [0, 0.1) is 5.92 Å². The van der Waals surface area contributed by atoms with Gasteiger partial charge in [-0.15, -0.1) is 0 Å². The first-order valence-corrected chi connectivity index (χ1v) is 14.7. The van der Waals surface area contributed by atoms with E-state index in [-0.39, 0.29) is 11.1 Å². The van der Waals surface area contributed by atoms with Gasteiger partial charge in [0.1, 0.15) is 13.5 Å². The summed E-state index contributed by atoms with van der Waals surface area (Å²) in [5, 5.41) is 0. The third-order valence-electron chi connectivity index (χ3n) is 8.63. The second-order valence-corrected chi connectivity index (χ2v) is 13.1. The molecule has 3 fully saturated rings. The first kappa shape index (κ1) is 24.8. The number of ether oxygens (including phenoxy) is 1. The summed E-state index contributed by atoms with van der Waals surface area (Å²) < 4.78 is 30.1. The van der Waals surface area contributed by atoms with E-state index in [0.717, 1.165) is 50.4 Å². The van der Waals surface area contributed by atoms with Crippen molar-refractivity contribution in [1.82, 2.24) is 9.80 Å². The van der Waals surface area contributed by atoms with Crippen LogP contribution in [0.15, 0.2) is 59.5 Å². The molecule has 1 heterocycles. The number of anilines is 1. The zero-order valence-electron chi connectivity index (χ0n) is 21.3. The van der Waals surface area contributed by atoms with Crippen LogP contribution in [0.1, 0.15) is 44.1 Å². The van der Waals surface area contributed by atoms with Gasteiger partial charge < -0.3 is 9.64 Å². The maximum atomic E-state index is 12.0. The van der Waals surface area contributed by atoms with Gasteiger partial charge >= 0.3 is 0 Å². The van der Waals surface area contributed by atoms with Crippen molar-refractivity contribution in [3.63, 3.8) is 0 Å². The third kappa shape index (κ3) is 5.01. The quantitative estimate of drug-likeness (QED) is 0.592. The van der Waals surface area contributed by atoms with Crippen LogP contribution in [0.25, 0.3) is 0 Å². The molecule has 0 bridgehead atoms. The average Bonchev–Trinajstić information content (AvgIpc) is 3.69. The third-order valence-corrected chi connectivity index (χ3v) is 9.76. The molecule has 1 saturated heterocycles. The highest BCUT2D eigenvalue weighted by atomic mass is 32.2. The van der Waals surface area contributed by atoms with Crippen LogP contribution in [0.4, 0.5) is 5.69 Å². The minimum absolute atomic E-state index is 0.0445. The Morgan fingerprint density at radius 3 is 2.17 bits per heavy atom.